The van der Waals surface area contributed by atoms with Crippen molar-refractivity contribution in [1.82, 2.24) is 19.9 Å². The van der Waals surface area contributed by atoms with E-state index in [4.69, 9.17) is 11.6 Å². The van der Waals surface area contributed by atoms with E-state index in [9.17, 15) is 9.59 Å². The molecule has 2 aromatic heterocycles. The fourth-order valence-electron chi connectivity index (χ4n) is 1.66. The Morgan fingerprint density at radius 1 is 1.50 bits per heavy atom. The van der Waals surface area contributed by atoms with Gasteiger partial charge in [0.2, 0.25) is 11.9 Å². The number of hydrogen-bond donors (Lipinski definition) is 3. The maximum Gasteiger partial charge on any atom is 0.267 e. The number of nitrogens with one attached hydrogen (secondary N) is 3. The molecule has 0 aliphatic carbocycles. The van der Waals surface area contributed by atoms with Crippen molar-refractivity contribution in [1.29, 1.82) is 0 Å². The van der Waals surface area contributed by atoms with Crippen molar-refractivity contribution < 1.29 is 9.59 Å². The molecule has 106 valence electrons. The first-order valence-corrected chi connectivity index (χ1v) is 6.33. The molecule has 2 heterocycles. The number of halogens is 1. The number of aromatic nitrogens is 3. The van der Waals surface area contributed by atoms with Gasteiger partial charge in [0.1, 0.15) is 5.69 Å². The third-order valence-electron chi connectivity index (χ3n) is 2.60. The van der Waals surface area contributed by atoms with Crippen LogP contribution in [0.4, 0.5) is 5.95 Å². The monoisotopic (exact) mass is 295 g/mol. The summed E-state index contributed by atoms with van der Waals surface area (Å²) in [6.45, 7) is 0.230. The molecule has 0 bridgehead atoms. The summed E-state index contributed by atoms with van der Waals surface area (Å²) in [7, 11) is 1.73. The van der Waals surface area contributed by atoms with Crippen LogP contribution < -0.4 is 10.6 Å². The molecule has 3 N–H and O–H groups in total. The van der Waals surface area contributed by atoms with E-state index in [0.717, 1.165) is 0 Å². The lowest BCUT2D eigenvalue weighted by Gasteiger charge is -2.06. The molecule has 0 aliphatic rings. The van der Waals surface area contributed by atoms with Crippen LogP contribution in [0.25, 0.3) is 0 Å². The summed E-state index contributed by atoms with van der Waals surface area (Å²) < 4.78 is 1.63. The highest BCUT2D eigenvalue weighted by molar-refractivity contribution is 6.31. The van der Waals surface area contributed by atoms with E-state index < -0.39 is 0 Å². The molecular formula is C12H14ClN5O2. The number of anilines is 1. The molecule has 0 radical (unpaired) electrons. The van der Waals surface area contributed by atoms with Gasteiger partial charge in [-0.1, -0.05) is 11.6 Å². The van der Waals surface area contributed by atoms with Crippen molar-refractivity contribution in [3.63, 3.8) is 0 Å². The third kappa shape index (κ3) is 3.61. The number of carbonyl (C=O) groups excluding carboxylic acids is 2. The van der Waals surface area contributed by atoms with E-state index >= 15 is 0 Å². The molecule has 0 atom stereocenters. The van der Waals surface area contributed by atoms with Gasteiger partial charge in [0.15, 0.2) is 0 Å². The summed E-state index contributed by atoms with van der Waals surface area (Å²) >= 11 is 5.80. The van der Waals surface area contributed by atoms with E-state index in [0.29, 0.717) is 16.7 Å². The van der Waals surface area contributed by atoms with Gasteiger partial charge in [0, 0.05) is 38.6 Å². The molecule has 0 fully saturated rings. The number of aromatic amines is 1. The van der Waals surface area contributed by atoms with Gasteiger partial charge in [0.25, 0.3) is 5.91 Å². The molecule has 0 saturated heterocycles. The largest absolute Gasteiger partial charge is 0.350 e. The van der Waals surface area contributed by atoms with Gasteiger partial charge in [-0.25, -0.2) is 4.98 Å². The third-order valence-corrected chi connectivity index (χ3v) is 2.80. The average Bonchev–Trinajstić information content (AvgIpc) is 2.98. The van der Waals surface area contributed by atoms with Gasteiger partial charge in [-0.15, -0.1) is 0 Å². The van der Waals surface area contributed by atoms with Gasteiger partial charge in [-0.3, -0.25) is 14.9 Å². The topological polar surface area (TPSA) is 91.8 Å². The number of carbonyl (C=O) groups is 2. The molecule has 2 aromatic rings. The van der Waals surface area contributed by atoms with Crippen LogP contribution in [0.5, 0.6) is 0 Å². The molecule has 8 heteroatoms. The van der Waals surface area contributed by atoms with E-state index in [1.807, 2.05) is 0 Å². The number of aryl methyl sites for hydroxylation is 1. The summed E-state index contributed by atoms with van der Waals surface area (Å²) in [5.74, 6) is -0.120. The van der Waals surface area contributed by atoms with Crippen molar-refractivity contribution in [2.75, 3.05) is 11.9 Å². The predicted molar refractivity (Wildman–Crippen MR) is 74.6 cm³/mol. The highest BCUT2D eigenvalue weighted by Crippen LogP contribution is 2.12. The first kappa shape index (κ1) is 14.1. The second-order valence-corrected chi connectivity index (χ2v) is 4.58. The average molecular weight is 296 g/mol. The van der Waals surface area contributed by atoms with E-state index in [1.165, 1.54) is 6.20 Å². The van der Waals surface area contributed by atoms with Crippen molar-refractivity contribution in [3.05, 3.63) is 35.4 Å². The zero-order valence-corrected chi connectivity index (χ0v) is 11.6. The van der Waals surface area contributed by atoms with Crippen molar-refractivity contribution >= 4 is 29.4 Å². The van der Waals surface area contributed by atoms with Crippen LogP contribution in [-0.2, 0) is 11.8 Å². The molecule has 0 aromatic carbocycles. The number of hydrogen-bond acceptors (Lipinski definition) is 3. The van der Waals surface area contributed by atoms with Crippen molar-refractivity contribution in [3.8, 4) is 0 Å². The predicted octanol–water partition coefficient (Wildman–Crippen LogP) is 1.16. The Morgan fingerprint density at radius 2 is 2.30 bits per heavy atom. The summed E-state index contributed by atoms with van der Waals surface area (Å²) in [6.07, 6.45) is 4.94. The maximum atomic E-state index is 11.8. The quantitative estimate of drug-likeness (QED) is 0.773. The smallest absolute Gasteiger partial charge is 0.267 e. The Bertz CT molecular complexity index is 605. The minimum Gasteiger partial charge on any atom is -0.350 e. The van der Waals surface area contributed by atoms with Crippen LogP contribution in [0, 0.1) is 0 Å². The first-order valence-electron chi connectivity index (χ1n) is 5.95. The minimum atomic E-state index is -0.273. The van der Waals surface area contributed by atoms with Gasteiger partial charge in [0.05, 0.1) is 5.02 Å². The highest BCUT2D eigenvalue weighted by atomic mass is 35.5. The fourth-order valence-corrected chi connectivity index (χ4v) is 1.91. The molecule has 2 rings (SSSR count). The second-order valence-electron chi connectivity index (χ2n) is 4.15. The van der Waals surface area contributed by atoms with Crippen molar-refractivity contribution in [2.24, 2.45) is 7.05 Å². The molecule has 2 amide bonds. The second kappa shape index (κ2) is 6.25. The van der Waals surface area contributed by atoms with Crippen LogP contribution in [0.1, 0.15) is 16.9 Å². The molecule has 0 unspecified atom stereocenters. The Kier molecular flexibility index (Phi) is 4.41. The lowest BCUT2D eigenvalue weighted by atomic mass is 10.3. The first-order chi connectivity index (χ1) is 9.56. The normalized spacial score (nSPS) is 10.3. The van der Waals surface area contributed by atoms with Gasteiger partial charge >= 0.3 is 0 Å². The van der Waals surface area contributed by atoms with Crippen LogP contribution in [0.3, 0.4) is 0 Å². The van der Waals surface area contributed by atoms with Crippen LogP contribution in [0.2, 0.25) is 5.02 Å². The molecule has 0 saturated carbocycles. The lowest BCUT2D eigenvalue weighted by molar-refractivity contribution is -0.116. The Balaban J connectivity index is 1.77. The molecule has 7 nitrogen and oxygen atoms in total. The van der Waals surface area contributed by atoms with Gasteiger partial charge < -0.3 is 14.9 Å². The number of nitrogens with zero attached hydrogens (tertiary/aromatic N) is 2. The molecule has 20 heavy (non-hydrogen) atoms. The summed E-state index contributed by atoms with van der Waals surface area (Å²) in [6, 6.07) is 1.57. The molecule has 0 aliphatic heterocycles. The number of H-pyrrole nitrogens is 1. The van der Waals surface area contributed by atoms with E-state index in [-0.39, 0.29) is 24.8 Å². The number of imidazole rings is 1. The van der Waals surface area contributed by atoms with E-state index in [2.05, 4.69) is 20.6 Å². The van der Waals surface area contributed by atoms with E-state index in [1.54, 1.807) is 30.1 Å². The zero-order chi connectivity index (χ0) is 14.5. The Labute approximate surface area is 120 Å². The van der Waals surface area contributed by atoms with Gasteiger partial charge in [-0.2, -0.15) is 0 Å². The zero-order valence-electron chi connectivity index (χ0n) is 10.8. The van der Waals surface area contributed by atoms with Crippen LogP contribution in [0.15, 0.2) is 24.7 Å². The molecule has 0 spiro atoms. The molecular weight excluding hydrogens is 282 g/mol. The lowest BCUT2D eigenvalue weighted by Crippen LogP contribution is -2.29. The van der Waals surface area contributed by atoms with Crippen LogP contribution in [-0.4, -0.2) is 32.9 Å². The fraction of sp³-hybridized carbons (Fsp3) is 0.250. The summed E-state index contributed by atoms with van der Waals surface area (Å²) in [5.41, 5.74) is 0.446. The Morgan fingerprint density at radius 3 is 2.90 bits per heavy atom. The highest BCUT2D eigenvalue weighted by Gasteiger charge is 2.11. The number of amides is 2. The van der Waals surface area contributed by atoms with Gasteiger partial charge in [-0.05, 0) is 6.07 Å². The van der Waals surface area contributed by atoms with Crippen LogP contribution >= 0.6 is 11.6 Å². The van der Waals surface area contributed by atoms with Crippen molar-refractivity contribution in [2.45, 2.75) is 6.42 Å². The summed E-state index contributed by atoms with van der Waals surface area (Å²) in [5, 5.41) is 5.72. The summed E-state index contributed by atoms with van der Waals surface area (Å²) in [4.78, 5) is 30.0. The number of rotatable bonds is 5. The Hall–Kier alpha value is -2.28. The SMILES string of the molecule is Cn1cc(Cl)cc1C(=O)NCCC(=O)Nc1ncc[nH]1. The minimum absolute atomic E-state index is 0.157. The maximum absolute atomic E-state index is 11.8. The standard InChI is InChI=1S/C12H14ClN5O2/c1-18-7-8(13)6-9(18)11(20)14-3-2-10(19)17-12-15-4-5-16-12/h4-7H,2-3H2,1H3,(H,14,20)(H2,15,16,17,19).